The lowest BCUT2D eigenvalue weighted by Crippen LogP contribution is -2.51. The predicted molar refractivity (Wildman–Crippen MR) is 43.7 cm³/mol. The molecule has 0 spiro atoms. The van der Waals surface area contributed by atoms with Crippen LogP contribution in [0.3, 0.4) is 0 Å². The molecule has 0 aromatic rings. The van der Waals surface area contributed by atoms with Gasteiger partial charge < -0.3 is 0 Å². The summed E-state index contributed by atoms with van der Waals surface area (Å²) in [7, 11) is 0. The second-order valence-corrected chi connectivity index (χ2v) is 4.67. The highest BCUT2D eigenvalue weighted by Gasteiger charge is 2.54. The Hall–Kier alpha value is -0.510. The predicted octanol–water partition coefficient (Wildman–Crippen LogP) is 2.58. The van der Waals surface area contributed by atoms with E-state index in [-0.39, 0.29) is 0 Å². The average molecular weight is 149 g/mol. The lowest BCUT2D eigenvalue weighted by Gasteiger charge is -2.58. The molecular formula is C10H15N. The first-order chi connectivity index (χ1) is 5.16. The fraction of sp³-hybridized carbons (Fsp3) is 0.900. The molecule has 0 radical (unpaired) electrons. The Labute approximate surface area is 68.4 Å². The van der Waals surface area contributed by atoms with Gasteiger partial charge in [0.1, 0.15) is 0 Å². The Morgan fingerprint density at radius 1 is 1.36 bits per heavy atom. The first-order valence-electron chi connectivity index (χ1n) is 4.56. The molecule has 0 aromatic heterocycles. The lowest BCUT2D eigenvalue weighted by molar-refractivity contribution is -0.0882. The zero-order valence-corrected chi connectivity index (χ0v) is 7.30. The molecule has 0 aromatic carbocycles. The molecule has 1 heteroatoms. The van der Waals surface area contributed by atoms with Gasteiger partial charge >= 0.3 is 0 Å². The fourth-order valence-corrected chi connectivity index (χ4v) is 2.97. The second-order valence-electron chi connectivity index (χ2n) is 4.67. The molecule has 0 unspecified atom stereocenters. The van der Waals surface area contributed by atoms with Crippen LogP contribution in [0.4, 0.5) is 0 Å². The minimum absolute atomic E-state index is 0.370. The van der Waals surface area contributed by atoms with Crippen LogP contribution < -0.4 is 0 Å². The summed E-state index contributed by atoms with van der Waals surface area (Å²) >= 11 is 0. The van der Waals surface area contributed by atoms with E-state index < -0.39 is 0 Å². The fourth-order valence-electron chi connectivity index (χ4n) is 2.97. The normalized spacial score (nSPS) is 45.7. The third-order valence-electron chi connectivity index (χ3n) is 4.02. The van der Waals surface area contributed by atoms with Gasteiger partial charge in [-0.3, -0.25) is 0 Å². The summed E-state index contributed by atoms with van der Waals surface area (Å²) in [5.41, 5.74) is 0.485. The smallest absolute Gasteiger partial charge is 0.0658 e. The van der Waals surface area contributed by atoms with Crippen LogP contribution in [0.1, 0.15) is 33.1 Å². The highest BCUT2D eigenvalue weighted by molar-refractivity contribution is 5.08. The van der Waals surface area contributed by atoms with Crippen LogP contribution in [0, 0.1) is 34.5 Å². The van der Waals surface area contributed by atoms with E-state index in [2.05, 4.69) is 19.9 Å². The van der Waals surface area contributed by atoms with E-state index in [1.54, 1.807) is 0 Å². The highest BCUT2D eigenvalue weighted by Crippen LogP contribution is 2.61. The first-order valence-corrected chi connectivity index (χ1v) is 4.56. The van der Waals surface area contributed by atoms with Crippen molar-refractivity contribution in [3.63, 3.8) is 0 Å². The number of nitrogens with zero attached hydrogens (tertiary/aromatic N) is 1. The van der Waals surface area contributed by atoms with E-state index in [1.807, 2.05) is 0 Å². The van der Waals surface area contributed by atoms with Gasteiger partial charge in [-0.2, -0.15) is 5.26 Å². The summed E-state index contributed by atoms with van der Waals surface area (Å²) in [5.74, 6) is 2.01. The molecule has 3 fully saturated rings. The largest absolute Gasteiger partial charge is 0.198 e. The van der Waals surface area contributed by atoms with E-state index >= 15 is 0 Å². The Kier molecular flexibility index (Phi) is 1.30. The molecule has 0 amide bonds. The van der Waals surface area contributed by atoms with Crippen LogP contribution >= 0.6 is 0 Å². The standard InChI is InChI=1S/C10H15N/c1-10(2)8-4-3-7(6-11)9(10)5-8/h7-9H,3-5H2,1-2H3/t7-,8+,9+/m1/s1. The summed E-state index contributed by atoms with van der Waals surface area (Å²) in [6.07, 6.45) is 3.78. The molecule has 0 N–H and O–H groups in total. The Balaban J connectivity index is 2.18. The van der Waals surface area contributed by atoms with Gasteiger partial charge in [0.2, 0.25) is 0 Å². The summed E-state index contributed by atoms with van der Waals surface area (Å²) in [4.78, 5) is 0. The van der Waals surface area contributed by atoms with Crippen molar-refractivity contribution in [2.75, 3.05) is 0 Å². The summed E-state index contributed by atoms with van der Waals surface area (Å²) < 4.78 is 0. The van der Waals surface area contributed by atoms with Gasteiger partial charge in [-0.05, 0) is 36.5 Å². The summed E-state index contributed by atoms with van der Waals surface area (Å²) in [6, 6.07) is 2.45. The van der Waals surface area contributed by atoms with Crippen molar-refractivity contribution < 1.29 is 0 Å². The molecule has 3 saturated carbocycles. The van der Waals surface area contributed by atoms with Crippen molar-refractivity contribution in [1.82, 2.24) is 0 Å². The van der Waals surface area contributed by atoms with Gasteiger partial charge in [0, 0.05) is 5.92 Å². The topological polar surface area (TPSA) is 23.8 Å². The van der Waals surface area contributed by atoms with Crippen LogP contribution in [0.2, 0.25) is 0 Å². The Morgan fingerprint density at radius 2 is 2.09 bits per heavy atom. The van der Waals surface area contributed by atoms with Gasteiger partial charge in [-0.25, -0.2) is 0 Å². The van der Waals surface area contributed by atoms with Crippen molar-refractivity contribution in [2.45, 2.75) is 33.1 Å². The number of rotatable bonds is 0. The minimum Gasteiger partial charge on any atom is -0.198 e. The second kappa shape index (κ2) is 2.00. The quantitative estimate of drug-likeness (QED) is 0.519. The monoisotopic (exact) mass is 149 g/mol. The Bertz CT molecular complexity index is 209. The van der Waals surface area contributed by atoms with Crippen molar-refractivity contribution in [3.8, 4) is 6.07 Å². The molecule has 60 valence electrons. The molecule has 3 aliphatic rings. The third kappa shape index (κ3) is 0.759. The maximum atomic E-state index is 8.87. The zero-order chi connectivity index (χ0) is 8.06. The molecule has 0 heterocycles. The van der Waals surface area contributed by atoms with Crippen LogP contribution in [0.25, 0.3) is 0 Å². The first kappa shape index (κ1) is 7.16. The molecule has 3 atom stereocenters. The number of fused-ring (bicyclic) bond motifs is 2. The van der Waals surface area contributed by atoms with Gasteiger partial charge in [0.25, 0.3) is 0 Å². The molecule has 1 nitrogen and oxygen atoms in total. The van der Waals surface area contributed by atoms with Gasteiger partial charge in [0.15, 0.2) is 0 Å². The summed E-state index contributed by atoms with van der Waals surface area (Å²) in [6.45, 7) is 4.66. The van der Waals surface area contributed by atoms with Gasteiger partial charge in [0.05, 0.1) is 6.07 Å². The lowest BCUT2D eigenvalue weighted by atomic mass is 9.46. The molecule has 11 heavy (non-hydrogen) atoms. The van der Waals surface area contributed by atoms with E-state index in [1.165, 1.54) is 12.8 Å². The Morgan fingerprint density at radius 3 is 2.45 bits per heavy atom. The number of hydrogen-bond donors (Lipinski definition) is 0. The maximum absolute atomic E-state index is 8.87. The zero-order valence-electron chi connectivity index (χ0n) is 7.30. The summed E-state index contributed by atoms with van der Waals surface area (Å²) in [5, 5.41) is 8.87. The van der Waals surface area contributed by atoms with E-state index in [4.69, 9.17) is 5.26 Å². The molecular weight excluding hydrogens is 134 g/mol. The van der Waals surface area contributed by atoms with Gasteiger partial charge in [-0.1, -0.05) is 13.8 Å². The average Bonchev–Trinajstić information content (AvgIpc) is 2.04. The van der Waals surface area contributed by atoms with Crippen LogP contribution in [-0.4, -0.2) is 0 Å². The van der Waals surface area contributed by atoms with Crippen LogP contribution in [0.15, 0.2) is 0 Å². The molecule has 3 aliphatic carbocycles. The van der Waals surface area contributed by atoms with Crippen molar-refractivity contribution >= 4 is 0 Å². The molecule has 0 saturated heterocycles. The molecule has 2 bridgehead atoms. The maximum Gasteiger partial charge on any atom is 0.0658 e. The highest BCUT2D eigenvalue weighted by atomic mass is 14.6. The third-order valence-corrected chi connectivity index (χ3v) is 4.02. The van der Waals surface area contributed by atoms with Crippen LogP contribution in [0.5, 0.6) is 0 Å². The molecule has 3 rings (SSSR count). The SMILES string of the molecule is CC1(C)[C@H]2CC[C@H](C#N)[C@@H]1C2. The van der Waals surface area contributed by atoms with E-state index in [9.17, 15) is 0 Å². The molecule has 0 aliphatic heterocycles. The van der Waals surface area contributed by atoms with Gasteiger partial charge in [-0.15, -0.1) is 0 Å². The van der Waals surface area contributed by atoms with Crippen molar-refractivity contribution in [3.05, 3.63) is 0 Å². The minimum atomic E-state index is 0.370. The number of hydrogen-bond acceptors (Lipinski definition) is 1. The number of nitriles is 1. The van der Waals surface area contributed by atoms with E-state index in [0.717, 1.165) is 12.3 Å². The van der Waals surface area contributed by atoms with E-state index in [0.29, 0.717) is 17.3 Å². The van der Waals surface area contributed by atoms with Crippen LogP contribution in [-0.2, 0) is 0 Å². The van der Waals surface area contributed by atoms with Crippen molar-refractivity contribution in [2.24, 2.45) is 23.2 Å². The van der Waals surface area contributed by atoms with Crippen molar-refractivity contribution in [1.29, 1.82) is 5.26 Å².